The molecule has 2 aliphatic heterocycles. The number of piperazine rings is 1. The molecule has 2 aliphatic rings. The molecule has 1 aromatic rings. The molecule has 0 atom stereocenters. The molecule has 3 rings (SSSR count). The van der Waals surface area contributed by atoms with E-state index in [1.165, 1.54) is 16.7 Å². The van der Waals surface area contributed by atoms with E-state index in [0.29, 0.717) is 15.0 Å². The van der Waals surface area contributed by atoms with Crippen LogP contribution in [0.1, 0.15) is 5.56 Å². The Kier molecular flexibility index (Phi) is 4.78. The topological polar surface area (TPSA) is 37.1 Å². The van der Waals surface area contributed by atoms with E-state index in [4.69, 9.17) is 23.2 Å². The van der Waals surface area contributed by atoms with E-state index in [2.05, 4.69) is 16.9 Å². The predicted molar refractivity (Wildman–Crippen MR) is 92.7 cm³/mol. The minimum Gasteiger partial charge on any atom is -0.339 e. The van der Waals surface area contributed by atoms with E-state index < -0.39 is 0 Å². The van der Waals surface area contributed by atoms with Crippen LogP contribution in [0.4, 0.5) is 0 Å². The first kappa shape index (κ1) is 15.9. The SMILES string of the molecule is C[NH+]1CCN(C2=NC(=O)/C(=C/c3ccc(Cl)c(Cl)c3)S2)CC1. The number of rotatable bonds is 1. The van der Waals surface area contributed by atoms with Crippen LogP contribution in [-0.4, -0.2) is 49.2 Å². The van der Waals surface area contributed by atoms with E-state index in [0.717, 1.165) is 36.9 Å². The molecule has 1 amide bonds. The van der Waals surface area contributed by atoms with Gasteiger partial charge < -0.3 is 9.80 Å². The second-order valence-electron chi connectivity index (χ2n) is 5.43. The third-order valence-electron chi connectivity index (χ3n) is 3.74. The molecule has 0 aliphatic carbocycles. The molecule has 2 heterocycles. The summed E-state index contributed by atoms with van der Waals surface area (Å²) in [5.41, 5.74) is 0.851. The molecule has 0 aromatic heterocycles. The lowest BCUT2D eigenvalue weighted by Crippen LogP contribution is -3.12. The quantitative estimate of drug-likeness (QED) is 0.779. The van der Waals surface area contributed by atoms with Gasteiger partial charge in [-0.05, 0) is 35.5 Å². The second kappa shape index (κ2) is 6.62. The molecular formula is C15H16Cl2N3OS+. The number of hydrogen-bond donors (Lipinski definition) is 1. The summed E-state index contributed by atoms with van der Waals surface area (Å²) in [6.07, 6.45) is 1.81. The maximum absolute atomic E-state index is 12.1. The van der Waals surface area contributed by atoms with E-state index in [1.54, 1.807) is 12.1 Å². The van der Waals surface area contributed by atoms with Gasteiger partial charge in [0.2, 0.25) is 0 Å². The number of aliphatic imine (C=N–C) groups is 1. The van der Waals surface area contributed by atoms with Gasteiger partial charge in [-0.3, -0.25) is 4.79 Å². The van der Waals surface area contributed by atoms with Gasteiger partial charge in [0.05, 0.1) is 48.2 Å². The average Bonchev–Trinajstić information content (AvgIpc) is 2.85. The van der Waals surface area contributed by atoms with Crippen molar-refractivity contribution in [1.29, 1.82) is 0 Å². The molecule has 7 heteroatoms. The third kappa shape index (κ3) is 3.49. The highest BCUT2D eigenvalue weighted by molar-refractivity contribution is 8.18. The molecule has 0 spiro atoms. The molecule has 0 unspecified atom stereocenters. The Hall–Kier alpha value is -1.01. The fourth-order valence-corrected chi connectivity index (χ4v) is 3.64. The number of halogens is 2. The standard InChI is InChI=1S/C15H15Cl2N3OS/c1-19-4-6-20(7-5-19)15-18-14(21)13(22-15)9-10-2-3-11(16)12(17)8-10/h2-3,8-9H,4-7H2,1H3/p+1/b13-9-. The zero-order chi connectivity index (χ0) is 15.7. The maximum atomic E-state index is 12.1. The van der Waals surface area contributed by atoms with Crippen LogP contribution in [0.25, 0.3) is 6.08 Å². The van der Waals surface area contributed by atoms with Gasteiger partial charge >= 0.3 is 0 Å². The first-order valence-corrected chi connectivity index (χ1v) is 8.64. The summed E-state index contributed by atoms with van der Waals surface area (Å²) < 4.78 is 0. The van der Waals surface area contributed by atoms with E-state index in [-0.39, 0.29) is 5.91 Å². The average molecular weight is 357 g/mol. The fraction of sp³-hybridized carbons (Fsp3) is 0.333. The number of amidine groups is 1. The molecule has 4 nitrogen and oxygen atoms in total. The van der Waals surface area contributed by atoms with Crippen LogP contribution in [0.2, 0.25) is 10.0 Å². The summed E-state index contributed by atoms with van der Waals surface area (Å²) >= 11 is 13.3. The van der Waals surface area contributed by atoms with Gasteiger partial charge in [0.15, 0.2) is 5.17 Å². The molecule has 0 radical (unpaired) electrons. The maximum Gasteiger partial charge on any atom is 0.286 e. The van der Waals surface area contributed by atoms with Crippen LogP contribution in [-0.2, 0) is 4.79 Å². The van der Waals surface area contributed by atoms with Crippen molar-refractivity contribution in [2.75, 3.05) is 33.2 Å². The number of nitrogens with zero attached hydrogens (tertiary/aromatic N) is 2. The molecular weight excluding hydrogens is 341 g/mol. The largest absolute Gasteiger partial charge is 0.339 e. The van der Waals surface area contributed by atoms with Crippen LogP contribution < -0.4 is 4.90 Å². The minimum absolute atomic E-state index is 0.183. The number of nitrogens with one attached hydrogen (secondary N) is 1. The molecule has 0 saturated carbocycles. The van der Waals surface area contributed by atoms with Gasteiger partial charge in [0, 0.05) is 0 Å². The summed E-state index contributed by atoms with van der Waals surface area (Å²) in [7, 11) is 2.18. The number of likely N-dealkylation sites (N-methyl/N-ethyl adjacent to an activating group) is 1. The summed E-state index contributed by atoms with van der Waals surface area (Å²) in [5.74, 6) is -0.183. The van der Waals surface area contributed by atoms with Crippen molar-refractivity contribution in [1.82, 2.24) is 4.90 Å². The van der Waals surface area contributed by atoms with Crippen LogP contribution in [0, 0.1) is 0 Å². The first-order chi connectivity index (χ1) is 10.5. The molecule has 116 valence electrons. The van der Waals surface area contributed by atoms with Crippen molar-refractivity contribution >= 4 is 52.1 Å². The summed E-state index contributed by atoms with van der Waals surface area (Å²) in [6.45, 7) is 4.01. The number of quaternary nitrogens is 1. The minimum atomic E-state index is -0.183. The van der Waals surface area contributed by atoms with E-state index in [9.17, 15) is 4.79 Å². The van der Waals surface area contributed by atoms with Crippen LogP contribution >= 0.6 is 35.0 Å². The van der Waals surface area contributed by atoms with E-state index in [1.807, 2.05) is 12.1 Å². The number of thioether (sulfide) groups is 1. The Morgan fingerprint density at radius 2 is 2.00 bits per heavy atom. The second-order valence-corrected chi connectivity index (χ2v) is 7.25. The lowest BCUT2D eigenvalue weighted by Gasteiger charge is -2.30. The zero-order valence-corrected chi connectivity index (χ0v) is 14.4. The molecule has 1 N–H and O–H groups in total. The van der Waals surface area contributed by atoms with Crippen LogP contribution in [0.5, 0.6) is 0 Å². The van der Waals surface area contributed by atoms with E-state index >= 15 is 0 Å². The van der Waals surface area contributed by atoms with Crippen molar-refractivity contribution in [3.8, 4) is 0 Å². The lowest BCUT2D eigenvalue weighted by atomic mass is 10.2. The van der Waals surface area contributed by atoms with Crippen molar-refractivity contribution in [2.24, 2.45) is 4.99 Å². The zero-order valence-electron chi connectivity index (χ0n) is 12.1. The van der Waals surface area contributed by atoms with Crippen molar-refractivity contribution in [3.63, 3.8) is 0 Å². The highest BCUT2D eigenvalue weighted by Gasteiger charge is 2.28. The van der Waals surface area contributed by atoms with Gasteiger partial charge in [-0.25, -0.2) is 0 Å². The number of amides is 1. The number of carbonyl (C=O) groups excluding carboxylic acids is 1. The fourth-order valence-electron chi connectivity index (χ4n) is 2.37. The molecule has 1 saturated heterocycles. The molecule has 22 heavy (non-hydrogen) atoms. The Morgan fingerprint density at radius 1 is 1.27 bits per heavy atom. The van der Waals surface area contributed by atoms with Gasteiger partial charge in [-0.2, -0.15) is 4.99 Å². The number of benzene rings is 1. The summed E-state index contributed by atoms with van der Waals surface area (Å²) in [4.78, 5) is 20.6. The molecule has 0 bridgehead atoms. The molecule has 1 fully saturated rings. The van der Waals surface area contributed by atoms with Crippen molar-refractivity contribution in [2.45, 2.75) is 0 Å². The van der Waals surface area contributed by atoms with Crippen molar-refractivity contribution < 1.29 is 9.69 Å². The third-order valence-corrected chi connectivity index (χ3v) is 5.52. The summed E-state index contributed by atoms with van der Waals surface area (Å²) in [5, 5.41) is 1.80. The highest BCUT2D eigenvalue weighted by Crippen LogP contribution is 2.31. The number of carbonyl (C=O) groups is 1. The lowest BCUT2D eigenvalue weighted by molar-refractivity contribution is -0.883. The first-order valence-electron chi connectivity index (χ1n) is 7.07. The van der Waals surface area contributed by atoms with Crippen molar-refractivity contribution in [3.05, 3.63) is 38.7 Å². The molecule has 1 aromatic carbocycles. The number of hydrogen-bond acceptors (Lipinski definition) is 3. The monoisotopic (exact) mass is 356 g/mol. The summed E-state index contributed by atoms with van der Waals surface area (Å²) in [6, 6.07) is 5.32. The Morgan fingerprint density at radius 3 is 2.68 bits per heavy atom. The van der Waals surface area contributed by atoms with Crippen LogP contribution in [0.15, 0.2) is 28.1 Å². The smallest absolute Gasteiger partial charge is 0.286 e. The van der Waals surface area contributed by atoms with Gasteiger partial charge in [-0.1, -0.05) is 29.3 Å². The highest BCUT2D eigenvalue weighted by atomic mass is 35.5. The Balaban J connectivity index is 1.74. The van der Waals surface area contributed by atoms with Crippen LogP contribution in [0.3, 0.4) is 0 Å². The Labute approximate surface area is 143 Å². The van der Waals surface area contributed by atoms with Gasteiger partial charge in [0.1, 0.15) is 0 Å². The Bertz CT molecular complexity index is 667. The van der Waals surface area contributed by atoms with Gasteiger partial charge in [0.25, 0.3) is 5.91 Å². The normalized spacial score (nSPS) is 21.6. The predicted octanol–water partition coefficient (Wildman–Crippen LogP) is 1.79. The van der Waals surface area contributed by atoms with Gasteiger partial charge in [-0.15, -0.1) is 0 Å².